The van der Waals surface area contributed by atoms with Crippen molar-refractivity contribution in [2.24, 2.45) is 0 Å². The summed E-state index contributed by atoms with van der Waals surface area (Å²) in [5.74, 6) is -0.395. The topological polar surface area (TPSA) is 106 Å². The number of hydrogen-bond acceptors (Lipinski definition) is 4. The van der Waals surface area contributed by atoms with Gasteiger partial charge < -0.3 is 15.0 Å². The van der Waals surface area contributed by atoms with Crippen molar-refractivity contribution in [2.45, 2.75) is 25.4 Å². The fourth-order valence-corrected chi connectivity index (χ4v) is 1.95. The second-order valence-corrected chi connectivity index (χ2v) is 4.79. The van der Waals surface area contributed by atoms with Gasteiger partial charge in [0.05, 0.1) is 5.60 Å². The van der Waals surface area contributed by atoms with Crippen molar-refractivity contribution in [3.05, 3.63) is 32.6 Å². The smallest absolute Gasteiger partial charge is 0.326 e. The molecule has 1 aromatic rings. The molecular formula is C11H15N3O4. The third-order valence-electron chi connectivity index (χ3n) is 3.12. The molecule has 2 heterocycles. The summed E-state index contributed by atoms with van der Waals surface area (Å²) in [6, 6.07) is 1.07. The number of aromatic nitrogens is 2. The van der Waals surface area contributed by atoms with E-state index in [1.807, 2.05) is 4.98 Å². The van der Waals surface area contributed by atoms with Gasteiger partial charge in [-0.25, -0.2) is 4.79 Å². The van der Waals surface area contributed by atoms with Gasteiger partial charge in [-0.15, -0.1) is 0 Å². The predicted molar refractivity (Wildman–Crippen MR) is 63.4 cm³/mol. The Morgan fingerprint density at radius 2 is 1.94 bits per heavy atom. The average Bonchev–Trinajstić information content (AvgIpc) is 2.27. The highest BCUT2D eigenvalue weighted by Crippen LogP contribution is 2.21. The van der Waals surface area contributed by atoms with Gasteiger partial charge in [-0.1, -0.05) is 0 Å². The van der Waals surface area contributed by atoms with Gasteiger partial charge in [0, 0.05) is 19.2 Å². The van der Waals surface area contributed by atoms with Crippen LogP contribution in [0.1, 0.15) is 30.3 Å². The molecule has 0 aromatic carbocycles. The summed E-state index contributed by atoms with van der Waals surface area (Å²) in [5.41, 5.74) is -2.08. The molecule has 0 saturated carbocycles. The zero-order chi connectivity index (χ0) is 13.3. The Balaban J connectivity index is 2.17. The van der Waals surface area contributed by atoms with Crippen LogP contribution in [0.3, 0.4) is 0 Å². The average molecular weight is 253 g/mol. The van der Waals surface area contributed by atoms with Crippen LogP contribution in [0.4, 0.5) is 0 Å². The number of carbonyl (C=O) groups excluding carboxylic acids is 1. The molecule has 1 amide bonds. The quantitative estimate of drug-likeness (QED) is 0.600. The van der Waals surface area contributed by atoms with Crippen LogP contribution in [0.25, 0.3) is 0 Å². The molecule has 1 aliphatic heterocycles. The van der Waals surface area contributed by atoms with E-state index in [1.165, 1.54) is 4.90 Å². The van der Waals surface area contributed by atoms with Crippen LogP contribution in [0.5, 0.6) is 0 Å². The monoisotopic (exact) mass is 253 g/mol. The summed E-state index contributed by atoms with van der Waals surface area (Å²) in [7, 11) is 0. The lowest BCUT2D eigenvalue weighted by molar-refractivity contribution is -0.00221. The first-order valence-electron chi connectivity index (χ1n) is 5.73. The number of hydrogen-bond donors (Lipinski definition) is 3. The third kappa shape index (κ3) is 2.67. The van der Waals surface area contributed by atoms with E-state index in [9.17, 15) is 19.5 Å². The number of nitrogens with zero attached hydrogens (tertiary/aromatic N) is 1. The molecule has 3 N–H and O–H groups in total. The summed E-state index contributed by atoms with van der Waals surface area (Å²) in [6.07, 6.45) is 0.957. The van der Waals surface area contributed by atoms with E-state index >= 15 is 0 Å². The molecule has 0 atom stereocenters. The molecule has 1 fully saturated rings. The van der Waals surface area contributed by atoms with Gasteiger partial charge in [-0.3, -0.25) is 14.6 Å². The highest BCUT2D eigenvalue weighted by molar-refractivity contribution is 5.92. The summed E-state index contributed by atoms with van der Waals surface area (Å²) in [6.45, 7) is 2.53. The van der Waals surface area contributed by atoms with Crippen LogP contribution < -0.4 is 11.2 Å². The van der Waals surface area contributed by atoms with Crippen LogP contribution in [-0.2, 0) is 0 Å². The van der Waals surface area contributed by atoms with Gasteiger partial charge in [-0.2, -0.15) is 0 Å². The second-order valence-electron chi connectivity index (χ2n) is 4.79. The Morgan fingerprint density at radius 1 is 1.33 bits per heavy atom. The molecule has 7 heteroatoms. The fraction of sp³-hybridized carbons (Fsp3) is 0.545. The van der Waals surface area contributed by atoms with E-state index in [1.54, 1.807) is 6.92 Å². The molecule has 0 spiro atoms. The van der Waals surface area contributed by atoms with Crippen molar-refractivity contribution in [1.29, 1.82) is 0 Å². The van der Waals surface area contributed by atoms with Gasteiger partial charge in [0.25, 0.3) is 11.5 Å². The molecule has 18 heavy (non-hydrogen) atoms. The van der Waals surface area contributed by atoms with E-state index in [4.69, 9.17) is 0 Å². The molecule has 1 aliphatic rings. The van der Waals surface area contributed by atoms with E-state index in [0.717, 1.165) is 6.07 Å². The number of nitrogens with one attached hydrogen (secondary N) is 2. The van der Waals surface area contributed by atoms with E-state index < -0.39 is 22.8 Å². The zero-order valence-electron chi connectivity index (χ0n) is 10.0. The molecule has 0 aliphatic carbocycles. The van der Waals surface area contributed by atoms with Crippen molar-refractivity contribution in [1.82, 2.24) is 14.9 Å². The zero-order valence-corrected chi connectivity index (χ0v) is 10.0. The number of piperidine rings is 1. The molecular weight excluding hydrogens is 238 g/mol. The van der Waals surface area contributed by atoms with Crippen LogP contribution in [0.2, 0.25) is 0 Å². The Morgan fingerprint density at radius 3 is 2.50 bits per heavy atom. The van der Waals surface area contributed by atoms with Gasteiger partial charge >= 0.3 is 5.69 Å². The highest BCUT2D eigenvalue weighted by Gasteiger charge is 2.30. The van der Waals surface area contributed by atoms with Crippen LogP contribution >= 0.6 is 0 Å². The minimum atomic E-state index is -0.752. The Kier molecular flexibility index (Phi) is 3.08. The summed E-state index contributed by atoms with van der Waals surface area (Å²) in [5, 5.41) is 9.78. The van der Waals surface area contributed by atoms with Gasteiger partial charge in [0.1, 0.15) is 5.69 Å². The Labute approximate surface area is 102 Å². The first kappa shape index (κ1) is 12.6. The highest BCUT2D eigenvalue weighted by atomic mass is 16.3. The lowest BCUT2D eigenvalue weighted by Gasteiger charge is -2.35. The largest absolute Gasteiger partial charge is 0.390 e. The molecule has 2 rings (SSSR count). The van der Waals surface area contributed by atoms with E-state index in [0.29, 0.717) is 25.9 Å². The first-order valence-corrected chi connectivity index (χ1v) is 5.73. The standard InChI is InChI=1S/C11H15N3O4/c1-11(18)2-4-14(5-3-11)9(16)7-6-8(15)13-10(17)12-7/h6,18H,2-5H2,1H3,(H2,12,13,15,17). The summed E-state index contributed by atoms with van der Waals surface area (Å²) in [4.78, 5) is 40.1. The molecule has 0 radical (unpaired) electrons. The molecule has 1 saturated heterocycles. The van der Waals surface area contributed by atoms with Crippen molar-refractivity contribution >= 4 is 5.91 Å². The number of rotatable bonds is 1. The lowest BCUT2D eigenvalue weighted by Crippen LogP contribution is -2.46. The third-order valence-corrected chi connectivity index (χ3v) is 3.12. The normalized spacial score (nSPS) is 18.7. The fourth-order valence-electron chi connectivity index (χ4n) is 1.95. The summed E-state index contributed by atoms with van der Waals surface area (Å²) < 4.78 is 0. The molecule has 7 nitrogen and oxygen atoms in total. The Hall–Kier alpha value is -1.89. The van der Waals surface area contributed by atoms with Crippen LogP contribution in [0, 0.1) is 0 Å². The maximum absolute atomic E-state index is 12.0. The minimum absolute atomic E-state index is 0.0229. The SMILES string of the molecule is CC1(O)CCN(C(=O)c2cc(=O)[nH]c(=O)[nH]2)CC1. The van der Waals surface area contributed by atoms with Gasteiger partial charge in [-0.05, 0) is 19.8 Å². The van der Waals surface area contributed by atoms with Crippen molar-refractivity contribution < 1.29 is 9.90 Å². The molecule has 98 valence electrons. The number of H-pyrrole nitrogens is 2. The number of likely N-dealkylation sites (tertiary alicyclic amines) is 1. The molecule has 1 aromatic heterocycles. The first-order chi connectivity index (χ1) is 8.37. The molecule has 0 bridgehead atoms. The second kappa shape index (κ2) is 4.41. The van der Waals surface area contributed by atoms with Crippen LogP contribution in [0.15, 0.2) is 15.7 Å². The lowest BCUT2D eigenvalue weighted by atomic mass is 9.94. The molecule has 0 unspecified atom stereocenters. The maximum Gasteiger partial charge on any atom is 0.326 e. The van der Waals surface area contributed by atoms with E-state index in [-0.39, 0.29) is 5.69 Å². The number of amides is 1. The minimum Gasteiger partial charge on any atom is -0.390 e. The maximum atomic E-state index is 12.0. The number of aliphatic hydroxyl groups is 1. The number of carbonyl (C=O) groups is 1. The van der Waals surface area contributed by atoms with Crippen molar-refractivity contribution in [2.75, 3.05) is 13.1 Å². The van der Waals surface area contributed by atoms with Gasteiger partial charge in [0.2, 0.25) is 0 Å². The van der Waals surface area contributed by atoms with Crippen molar-refractivity contribution in [3.8, 4) is 0 Å². The summed E-state index contributed by atoms with van der Waals surface area (Å²) >= 11 is 0. The predicted octanol–water partition coefficient (Wildman–Crippen LogP) is -0.950. The van der Waals surface area contributed by atoms with Gasteiger partial charge in [0.15, 0.2) is 0 Å². The van der Waals surface area contributed by atoms with E-state index in [2.05, 4.69) is 4.98 Å². The number of aromatic amines is 2. The Bertz CT molecular complexity index is 534. The van der Waals surface area contributed by atoms with Crippen molar-refractivity contribution in [3.63, 3.8) is 0 Å². The van der Waals surface area contributed by atoms with Crippen LogP contribution in [-0.4, -0.2) is 44.6 Å².